The zero-order valence-electron chi connectivity index (χ0n) is 12.3. The standard InChI is InChI=1S/C18H12N2O3/c1-12-16(17(20-23-12)14-5-3-2-4-6-14)18(21)22-15-9-7-13(11-19)8-10-15/h2-10H,1H3. The molecule has 5 heteroatoms. The summed E-state index contributed by atoms with van der Waals surface area (Å²) in [6.07, 6.45) is 0. The predicted molar refractivity (Wildman–Crippen MR) is 82.8 cm³/mol. The second-order valence-corrected chi connectivity index (χ2v) is 4.85. The number of carbonyl (C=O) groups excluding carboxylic acids is 1. The van der Waals surface area contributed by atoms with Crippen molar-refractivity contribution in [3.8, 4) is 23.1 Å². The molecule has 0 radical (unpaired) electrons. The fourth-order valence-corrected chi connectivity index (χ4v) is 2.16. The van der Waals surface area contributed by atoms with Gasteiger partial charge in [0.15, 0.2) is 0 Å². The highest BCUT2D eigenvalue weighted by Crippen LogP contribution is 2.26. The molecule has 2 aromatic carbocycles. The highest BCUT2D eigenvalue weighted by atomic mass is 16.5. The predicted octanol–water partition coefficient (Wildman–Crippen LogP) is 3.74. The highest BCUT2D eigenvalue weighted by molar-refractivity contribution is 5.98. The number of carbonyl (C=O) groups is 1. The van der Waals surface area contributed by atoms with E-state index >= 15 is 0 Å². The van der Waals surface area contributed by atoms with E-state index in [1.165, 1.54) is 0 Å². The Hall–Kier alpha value is -3.39. The van der Waals surface area contributed by atoms with Crippen LogP contribution in [-0.4, -0.2) is 11.1 Å². The lowest BCUT2D eigenvalue weighted by Crippen LogP contribution is -2.10. The summed E-state index contributed by atoms with van der Waals surface area (Å²) in [6, 6.07) is 17.6. The summed E-state index contributed by atoms with van der Waals surface area (Å²) < 4.78 is 10.5. The molecule has 23 heavy (non-hydrogen) atoms. The third-order valence-corrected chi connectivity index (χ3v) is 3.31. The normalized spacial score (nSPS) is 10.1. The van der Waals surface area contributed by atoms with E-state index in [4.69, 9.17) is 14.5 Å². The van der Waals surface area contributed by atoms with Crippen LogP contribution in [0.1, 0.15) is 21.7 Å². The Morgan fingerprint density at radius 3 is 2.48 bits per heavy atom. The quantitative estimate of drug-likeness (QED) is 0.544. The highest BCUT2D eigenvalue weighted by Gasteiger charge is 2.23. The van der Waals surface area contributed by atoms with Crippen LogP contribution in [0.3, 0.4) is 0 Å². The smallest absolute Gasteiger partial charge is 0.349 e. The molecule has 0 spiro atoms. The van der Waals surface area contributed by atoms with Gasteiger partial charge in [0.25, 0.3) is 0 Å². The van der Waals surface area contributed by atoms with Crippen LogP contribution in [0.4, 0.5) is 0 Å². The number of esters is 1. The molecule has 0 atom stereocenters. The summed E-state index contributed by atoms with van der Waals surface area (Å²) in [5.74, 6) is 0.198. The topological polar surface area (TPSA) is 76.1 Å². The van der Waals surface area contributed by atoms with Crippen molar-refractivity contribution in [3.63, 3.8) is 0 Å². The Bertz CT molecular complexity index is 875. The van der Waals surface area contributed by atoms with Crippen molar-refractivity contribution in [2.45, 2.75) is 6.92 Å². The molecule has 0 aliphatic rings. The van der Waals surface area contributed by atoms with Gasteiger partial charge in [-0.2, -0.15) is 5.26 Å². The van der Waals surface area contributed by atoms with Crippen LogP contribution in [0.5, 0.6) is 5.75 Å². The first kappa shape index (κ1) is 14.5. The molecule has 1 aromatic heterocycles. The van der Waals surface area contributed by atoms with Crippen LogP contribution < -0.4 is 4.74 Å². The minimum atomic E-state index is -0.549. The van der Waals surface area contributed by atoms with E-state index in [0.717, 1.165) is 5.56 Å². The van der Waals surface area contributed by atoms with Crippen molar-refractivity contribution < 1.29 is 14.1 Å². The Labute approximate surface area is 132 Å². The summed E-state index contributed by atoms with van der Waals surface area (Å²) in [7, 11) is 0. The summed E-state index contributed by atoms with van der Waals surface area (Å²) in [5, 5.41) is 12.7. The van der Waals surface area contributed by atoms with Gasteiger partial charge in [-0.25, -0.2) is 4.79 Å². The van der Waals surface area contributed by atoms with E-state index in [1.54, 1.807) is 31.2 Å². The fourth-order valence-electron chi connectivity index (χ4n) is 2.16. The molecule has 112 valence electrons. The number of aromatic nitrogens is 1. The molecule has 1 heterocycles. The lowest BCUT2D eigenvalue weighted by molar-refractivity contribution is 0.0733. The van der Waals surface area contributed by atoms with E-state index in [0.29, 0.717) is 28.3 Å². The van der Waals surface area contributed by atoms with Gasteiger partial charge in [0.1, 0.15) is 22.8 Å². The Morgan fingerprint density at radius 2 is 1.83 bits per heavy atom. The number of aryl methyl sites for hydroxylation is 1. The van der Waals surface area contributed by atoms with E-state index in [2.05, 4.69) is 5.16 Å². The Morgan fingerprint density at radius 1 is 1.13 bits per heavy atom. The van der Waals surface area contributed by atoms with E-state index < -0.39 is 5.97 Å². The van der Waals surface area contributed by atoms with Crippen molar-refractivity contribution in [2.75, 3.05) is 0 Å². The molecule has 0 saturated heterocycles. The van der Waals surface area contributed by atoms with Gasteiger partial charge in [0.2, 0.25) is 0 Å². The average Bonchev–Trinajstić information content (AvgIpc) is 2.98. The first-order valence-electron chi connectivity index (χ1n) is 6.93. The lowest BCUT2D eigenvalue weighted by Gasteiger charge is -2.05. The van der Waals surface area contributed by atoms with Crippen LogP contribution in [-0.2, 0) is 0 Å². The molecular formula is C18H12N2O3. The number of ether oxygens (including phenoxy) is 1. The van der Waals surface area contributed by atoms with Crippen LogP contribution >= 0.6 is 0 Å². The van der Waals surface area contributed by atoms with E-state index in [9.17, 15) is 4.79 Å². The monoisotopic (exact) mass is 304 g/mol. The second kappa shape index (κ2) is 6.16. The Kier molecular flexibility index (Phi) is 3.89. The summed E-state index contributed by atoms with van der Waals surface area (Å²) in [4.78, 5) is 12.5. The third-order valence-electron chi connectivity index (χ3n) is 3.31. The van der Waals surface area contributed by atoms with Crippen molar-refractivity contribution in [1.29, 1.82) is 5.26 Å². The number of hydrogen-bond donors (Lipinski definition) is 0. The van der Waals surface area contributed by atoms with Crippen molar-refractivity contribution in [2.24, 2.45) is 0 Å². The molecule has 0 bridgehead atoms. The van der Waals surface area contributed by atoms with Crippen molar-refractivity contribution in [1.82, 2.24) is 5.16 Å². The van der Waals surface area contributed by atoms with Gasteiger partial charge in [-0.1, -0.05) is 35.5 Å². The maximum Gasteiger partial charge on any atom is 0.349 e. The SMILES string of the molecule is Cc1onc(-c2ccccc2)c1C(=O)Oc1ccc(C#N)cc1. The average molecular weight is 304 g/mol. The van der Waals surface area contributed by atoms with Gasteiger partial charge in [0.05, 0.1) is 11.6 Å². The van der Waals surface area contributed by atoms with Gasteiger partial charge >= 0.3 is 5.97 Å². The molecule has 0 unspecified atom stereocenters. The molecule has 0 saturated carbocycles. The van der Waals surface area contributed by atoms with Gasteiger partial charge in [0, 0.05) is 5.56 Å². The number of benzene rings is 2. The second-order valence-electron chi connectivity index (χ2n) is 4.85. The first-order valence-corrected chi connectivity index (χ1v) is 6.93. The van der Waals surface area contributed by atoms with Crippen LogP contribution in [0.25, 0.3) is 11.3 Å². The molecule has 0 amide bonds. The number of hydrogen-bond acceptors (Lipinski definition) is 5. The van der Waals surface area contributed by atoms with Crippen molar-refractivity contribution >= 4 is 5.97 Å². The Balaban J connectivity index is 1.91. The molecule has 0 fully saturated rings. The first-order chi connectivity index (χ1) is 11.2. The fraction of sp³-hybridized carbons (Fsp3) is 0.0556. The minimum absolute atomic E-state index is 0.292. The third kappa shape index (κ3) is 2.97. The van der Waals surface area contributed by atoms with Gasteiger partial charge in [-0.05, 0) is 31.2 Å². The van der Waals surface area contributed by atoms with Gasteiger partial charge in [-0.3, -0.25) is 0 Å². The maximum absolute atomic E-state index is 12.5. The molecule has 0 aliphatic heterocycles. The molecule has 5 nitrogen and oxygen atoms in total. The van der Waals surface area contributed by atoms with Crippen LogP contribution in [0.15, 0.2) is 59.1 Å². The number of nitrogens with zero attached hydrogens (tertiary/aromatic N) is 2. The summed E-state index contributed by atoms with van der Waals surface area (Å²) in [5.41, 5.74) is 2.01. The van der Waals surface area contributed by atoms with E-state index in [1.807, 2.05) is 36.4 Å². The van der Waals surface area contributed by atoms with Crippen molar-refractivity contribution in [3.05, 3.63) is 71.5 Å². The molecule has 3 rings (SSSR count). The van der Waals surface area contributed by atoms with E-state index in [-0.39, 0.29) is 0 Å². The molecule has 0 aliphatic carbocycles. The summed E-state index contributed by atoms with van der Waals surface area (Å²) >= 11 is 0. The zero-order chi connectivity index (χ0) is 16.2. The number of rotatable bonds is 3. The van der Waals surface area contributed by atoms with Crippen LogP contribution in [0.2, 0.25) is 0 Å². The molecular weight excluding hydrogens is 292 g/mol. The minimum Gasteiger partial charge on any atom is -0.423 e. The largest absolute Gasteiger partial charge is 0.423 e. The van der Waals surface area contributed by atoms with Gasteiger partial charge in [-0.15, -0.1) is 0 Å². The van der Waals surface area contributed by atoms with Gasteiger partial charge < -0.3 is 9.26 Å². The number of nitriles is 1. The molecule has 3 aromatic rings. The lowest BCUT2D eigenvalue weighted by atomic mass is 10.1. The maximum atomic E-state index is 12.5. The zero-order valence-corrected chi connectivity index (χ0v) is 12.3. The van der Waals surface area contributed by atoms with Crippen LogP contribution in [0, 0.1) is 18.3 Å². The summed E-state index contributed by atoms with van der Waals surface area (Å²) in [6.45, 7) is 1.66. The molecule has 0 N–H and O–H groups in total.